The lowest BCUT2D eigenvalue weighted by Crippen LogP contribution is -2.35. The van der Waals surface area contributed by atoms with Crippen molar-refractivity contribution < 1.29 is 13.2 Å². The molecule has 1 aromatic heterocycles. The van der Waals surface area contributed by atoms with E-state index in [0.29, 0.717) is 19.1 Å². The van der Waals surface area contributed by atoms with E-state index in [2.05, 4.69) is 19.8 Å². The van der Waals surface area contributed by atoms with Crippen molar-refractivity contribution in [3.05, 3.63) is 5.01 Å². The normalized spacial score (nSPS) is 29.0. The van der Waals surface area contributed by atoms with Gasteiger partial charge in [0.15, 0.2) is 0 Å². The van der Waals surface area contributed by atoms with Crippen molar-refractivity contribution in [2.45, 2.75) is 20.0 Å². The quantitative estimate of drug-likeness (QED) is 0.831. The highest BCUT2D eigenvalue weighted by Crippen LogP contribution is 2.36. The number of aromatic nitrogens is 2. The molecule has 1 aromatic rings. The molecule has 1 N–H and O–H groups in total. The van der Waals surface area contributed by atoms with Crippen LogP contribution in [-0.2, 0) is 14.8 Å². The number of sulfonamides is 1. The molecule has 0 saturated carbocycles. The molecule has 2 fully saturated rings. The van der Waals surface area contributed by atoms with Crippen molar-refractivity contribution >= 4 is 26.5 Å². The van der Waals surface area contributed by atoms with Crippen molar-refractivity contribution in [3.63, 3.8) is 0 Å². The van der Waals surface area contributed by atoms with Gasteiger partial charge in [0.05, 0.1) is 18.5 Å². The molecule has 3 heterocycles. The van der Waals surface area contributed by atoms with Crippen LogP contribution in [0.3, 0.4) is 0 Å². The zero-order valence-electron chi connectivity index (χ0n) is 12.2. The molecule has 2 aliphatic heterocycles. The molecular formula is C12H20N4O3S2. The third-order valence-corrected chi connectivity index (χ3v) is 6.44. The molecule has 2 aliphatic rings. The van der Waals surface area contributed by atoms with E-state index in [1.165, 1.54) is 0 Å². The highest BCUT2D eigenvalue weighted by atomic mass is 32.2. The van der Waals surface area contributed by atoms with Gasteiger partial charge < -0.3 is 9.64 Å². The molecule has 0 amide bonds. The van der Waals surface area contributed by atoms with Gasteiger partial charge in [-0.2, -0.15) is 0 Å². The van der Waals surface area contributed by atoms with Gasteiger partial charge >= 0.3 is 0 Å². The van der Waals surface area contributed by atoms with Gasteiger partial charge in [0.25, 0.3) is 0 Å². The standard InChI is InChI=1S/C12H20N4O3S2/c1-3-21(17,18)13-4-9-7-19-11-6-16(5-10(9)11)12-15-14-8(2)20-12/h9-11,13H,3-7H2,1-2H3/t9-,10-,11-/m1/s1. The second-order valence-electron chi connectivity index (χ2n) is 5.56. The minimum absolute atomic E-state index is 0.116. The van der Waals surface area contributed by atoms with Crippen molar-refractivity contribution in [2.75, 3.05) is 36.9 Å². The summed E-state index contributed by atoms with van der Waals surface area (Å²) in [5.41, 5.74) is 0. The van der Waals surface area contributed by atoms with Crippen LogP contribution in [0.15, 0.2) is 0 Å². The fourth-order valence-corrected chi connectivity index (χ4v) is 4.29. The minimum Gasteiger partial charge on any atom is -0.376 e. The summed E-state index contributed by atoms with van der Waals surface area (Å²) in [6.45, 7) is 6.35. The molecule has 0 radical (unpaired) electrons. The van der Waals surface area contributed by atoms with Crippen molar-refractivity contribution in [1.29, 1.82) is 0 Å². The summed E-state index contributed by atoms with van der Waals surface area (Å²) in [6, 6.07) is 0. The van der Waals surface area contributed by atoms with Crippen LogP contribution >= 0.6 is 11.3 Å². The first-order valence-electron chi connectivity index (χ1n) is 7.12. The van der Waals surface area contributed by atoms with Crippen LogP contribution in [-0.4, -0.2) is 56.7 Å². The third kappa shape index (κ3) is 3.20. The second-order valence-corrected chi connectivity index (χ2v) is 8.81. The number of ether oxygens (including phenoxy) is 1. The molecule has 0 aromatic carbocycles. The van der Waals surface area contributed by atoms with E-state index < -0.39 is 10.0 Å². The number of rotatable bonds is 5. The Balaban J connectivity index is 1.61. The predicted octanol–water partition coefficient (Wildman–Crippen LogP) is 0.237. The zero-order chi connectivity index (χ0) is 15.0. The van der Waals surface area contributed by atoms with Gasteiger partial charge in [-0.3, -0.25) is 0 Å². The van der Waals surface area contributed by atoms with Crippen molar-refractivity contribution in [2.24, 2.45) is 11.8 Å². The fourth-order valence-electron chi connectivity index (χ4n) is 2.92. The Morgan fingerprint density at radius 1 is 1.43 bits per heavy atom. The first kappa shape index (κ1) is 15.1. The first-order valence-corrected chi connectivity index (χ1v) is 9.59. The summed E-state index contributed by atoms with van der Waals surface area (Å²) < 4.78 is 31.6. The van der Waals surface area contributed by atoms with Gasteiger partial charge in [0.1, 0.15) is 5.01 Å². The van der Waals surface area contributed by atoms with Gasteiger partial charge in [-0.15, -0.1) is 10.2 Å². The molecule has 3 atom stereocenters. The van der Waals surface area contributed by atoms with Gasteiger partial charge in [-0.05, 0) is 13.8 Å². The Hall–Kier alpha value is -0.770. The molecule has 3 rings (SSSR count). The number of aryl methyl sites for hydroxylation is 1. The Bertz CT molecular complexity index is 603. The van der Waals surface area contributed by atoms with Gasteiger partial charge in [0, 0.05) is 31.5 Å². The molecule has 0 aliphatic carbocycles. The average molecular weight is 332 g/mol. The van der Waals surface area contributed by atoms with Gasteiger partial charge in [-0.1, -0.05) is 11.3 Å². The monoisotopic (exact) mass is 332 g/mol. The fraction of sp³-hybridized carbons (Fsp3) is 0.833. The number of nitrogens with one attached hydrogen (secondary N) is 1. The van der Waals surface area contributed by atoms with E-state index in [9.17, 15) is 8.42 Å². The van der Waals surface area contributed by atoms with E-state index in [4.69, 9.17) is 4.74 Å². The molecule has 21 heavy (non-hydrogen) atoms. The van der Waals surface area contributed by atoms with Crippen LogP contribution in [0.4, 0.5) is 5.13 Å². The highest BCUT2D eigenvalue weighted by molar-refractivity contribution is 7.89. The first-order chi connectivity index (χ1) is 9.98. The Morgan fingerprint density at radius 2 is 2.24 bits per heavy atom. The number of fused-ring (bicyclic) bond motifs is 1. The Labute approximate surface area is 128 Å². The number of hydrogen-bond acceptors (Lipinski definition) is 7. The van der Waals surface area contributed by atoms with Crippen LogP contribution < -0.4 is 9.62 Å². The van der Waals surface area contributed by atoms with Crippen molar-refractivity contribution in [1.82, 2.24) is 14.9 Å². The number of anilines is 1. The zero-order valence-corrected chi connectivity index (χ0v) is 13.8. The molecule has 7 nitrogen and oxygen atoms in total. The number of nitrogens with zero attached hydrogens (tertiary/aromatic N) is 3. The molecule has 2 saturated heterocycles. The van der Waals surface area contributed by atoms with Crippen molar-refractivity contribution in [3.8, 4) is 0 Å². The average Bonchev–Trinajstić information content (AvgIpc) is 3.11. The SMILES string of the molecule is CCS(=O)(=O)NC[C@@H]1CO[C@@H]2CN(c3nnc(C)s3)C[C@H]12. The maximum absolute atomic E-state index is 11.6. The van der Waals surface area contributed by atoms with Crippen LogP contribution in [0.1, 0.15) is 11.9 Å². The van der Waals surface area contributed by atoms with Crippen LogP contribution in [0.2, 0.25) is 0 Å². The highest BCUT2D eigenvalue weighted by Gasteiger charge is 2.44. The largest absolute Gasteiger partial charge is 0.376 e. The van der Waals surface area contributed by atoms with Crippen LogP contribution in [0.25, 0.3) is 0 Å². The summed E-state index contributed by atoms with van der Waals surface area (Å²) in [5, 5.41) is 10.1. The minimum atomic E-state index is -3.14. The Kier molecular flexibility index (Phi) is 4.17. The van der Waals surface area contributed by atoms with E-state index in [-0.39, 0.29) is 17.8 Å². The lowest BCUT2D eigenvalue weighted by atomic mass is 9.93. The molecule has 0 spiro atoms. The molecule has 118 valence electrons. The Morgan fingerprint density at radius 3 is 2.90 bits per heavy atom. The molecule has 0 bridgehead atoms. The van der Waals surface area contributed by atoms with E-state index >= 15 is 0 Å². The summed E-state index contributed by atoms with van der Waals surface area (Å²) >= 11 is 1.58. The van der Waals surface area contributed by atoms with Crippen LogP contribution in [0, 0.1) is 18.8 Å². The maximum Gasteiger partial charge on any atom is 0.211 e. The summed E-state index contributed by atoms with van der Waals surface area (Å²) in [4.78, 5) is 2.19. The lowest BCUT2D eigenvalue weighted by molar-refractivity contribution is 0.111. The van der Waals surface area contributed by atoms with E-state index in [1.54, 1.807) is 18.3 Å². The topological polar surface area (TPSA) is 84.4 Å². The smallest absolute Gasteiger partial charge is 0.211 e. The maximum atomic E-state index is 11.6. The second kappa shape index (κ2) is 5.79. The van der Waals surface area contributed by atoms with E-state index in [1.807, 2.05) is 6.92 Å². The lowest BCUT2D eigenvalue weighted by Gasteiger charge is -2.18. The molecule has 0 unspecified atom stereocenters. The van der Waals surface area contributed by atoms with Crippen LogP contribution in [0.5, 0.6) is 0 Å². The van der Waals surface area contributed by atoms with E-state index in [0.717, 1.165) is 23.2 Å². The predicted molar refractivity (Wildman–Crippen MR) is 81.0 cm³/mol. The molecular weight excluding hydrogens is 312 g/mol. The van der Waals surface area contributed by atoms with Gasteiger partial charge in [-0.25, -0.2) is 13.1 Å². The summed E-state index contributed by atoms with van der Waals surface area (Å²) in [6.07, 6.45) is 0.172. The summed E-state index contributed by atoms with van der Waals surface area (Å²) in [7, 11) is -3.14. The number of hydrogen-bond donors (Lipinski definition) is 1. The third-order valence-electron chi connectivity index (χ3n) is 4.17. The summed E-state index contributed by atoms with van der Waals surface area (Å²) in [5.74, 6) is 0.703. The van der Waals surface area contributed by atoms with Gasteiger partial charge in [0.2, 0.25) is 15.2 Å². The molecule has 9 heteroatoms.